The van der Waals surface area contributed by atoms with Gasteiger partial charge in [-0.1, -0.05) is 12.8 Å². The molecule has 0 unspecified atom stereocenters. The van der Waals surface area contributed by atoms with Crippen LogP contribution in [0.3, 0.4) is 0 Å². The Morgan fingerprint density at radius 2 is 2.00 bits per heavy atom. The van der Waals surface area contributed by atoms with Gasteiger partial charge in [0.1, 0.15) is 6.10 Å². The Kier molecular flexibility index (Phi) is 1.24. The van der Waals surface area contributed by atoms with Gasteiger partial charge in [-0.05, 0) is 12.8 Å². The number of hydrogen-bond acceptors (Lipinski definition) is 2. The summed E-state index contributed by atoms with van der Waals surface area (Å²) in [6.07, 6.45) is 5.01. The lowest BCUT2D eigenvalue weighted by Crippen LogP contribution is -2.14. The third kappa shape index (κ3) is 0.970. The van der Waals surface area contributed by atoms with Crippen molar-refractivity contribution in [3.8, 4) is 0 Å². The van der Waals surface area contributed by atoms with E-state index in [1.165, 1.54) is 19.3 Å². The largest absolute Gasteiger partial charge is 0.390 e. The van der Waals surface area contributed by atoms with Gasteiger partial charge in [0.15, 0.2) is 0 Å². The first kappa shape index (κ1) is 5.69. The Bertz CT molecular complexity index is 113. The highest BCUT2D eigenvalue weighted by Crippen LogP contribution is 2.34. The van der Waals surface area contributed by atoms with E-state index in [0.717, 1.165) is 6.42 Å². The summed E-state index contributed by atoms with van der Waals surface area (Å²) < 4.78 is 5.22. The summed E-state index contributed by atoms with van der Waals surface area (Å²) in [5.41, 5.74) is 0. The highest BCUT2D eigenvalue weighted by Gasteiger charge is 2.44. The van der Waals surface area contributed by atoms with Crippen LogP contribution in [0.1, 0.15) is 25.7 Å². The number of epoxide rings is 1. The van der Waals surface area contributed by atoms with Crippen molar-refractivity contribution in [2.24, 2.45) is 0 Å². The summed E-state index contributed by atoms with van der Waals surface area (Å²) in [6.45, 7) is 0. The fourth-order valence-electron chi connectivity index (χ4n) is 1.59. The maximum Gasteiger partial charge on any atom is 0.110 e. The average molecular weight is 128 g/mol. The molecule has 0 aromatic carbocycles. The zero-order chi connectivity index (χ0) is 6.27. The third-order valence-corrected chi connectivity index (χ3v) is 2.24. The normalized spacial score (nSPS) is 49.7. The molecule has 1 saturated carbocycles. The Balaban J connectivity index is 1.96. The van der Waals surface area contributed by atoms with Crippen LogP contribution in [0.25, 0.3) is 0 Å². The summed E-state index contributed by atoms with van der Waals surface area (Å²) in [4.78, 5) is 0. The molecule has 2 aliphatic rings. The zero-order valence-electron chi connectivity index (χ0n) is 5.42. The molecule has 1 saturated heterocycles. The Morgan fingerprint density at radius 1 is 1.22 bits per heavy atom. The standard InChI is InChI=1S/C7H12O2/c8-5-3-1-2-4-6-7(5)9-6/h5-8H,1-4H2/t5-,6+,7-/m1/s1. The third-order valence-electron chi connectivity index (χ3n) is 2.24. The van der Waals surface area contributed by atoms with Crippen LogP contribution < -0.4 is 0 Å². The van der Waals surface area contributed by atoms with Crippen molar-refractivity contribution in [3.63, 3.8) is 0 Å². The highest BCUT2D eigenvalue weighted by molar-refractivity contribution is 4.92. The van der Waals surface area contributed by atoms with Gasteiger partial charge in [-0.15, -0.1) is 0 Å². The minimum absolute atomic E-state index is 0.155. The zero-order valence-corrected chi connectivity index (χ0v) is 5.42. The average Bonchev–Trinajstić information content (AvgIpc) is 2.55. The molecule has 3 atom stereocenters. The number of hydrogen-bond donors (Lipinski definition) is 1. The molecular formula is C7H12O2. The molecule has 2 fully saturated rings. The minimum atomic E-state index is -0.155. The number of ether oxygens (including phenoxy) is 1. The number of fused-ring (bicyclic) bond motifs is 1. The quantitative estimate of drug-likeness (QED) is 0.487. The Hall–Kier alpha value is -0.0800. The maximum atomic E-state index is 9.27. The van der Waals surface area contributed by atoms with Gasteiger partial charge in [0.2, 0.25) is 0 Å². The van der Waals surface area contributed by atoms with Crippen LogP contribution in [-0.4, -0.2) is 23.4 Å². The monoisotopic (exact) mass is 128 g/mol. The lowest BCUT2D eigenvalue weighted by atomic mass is 10.2. The van der Waals surface area contributed by atoms with Gasteiger partial charge in [-0.25, -0.2) is 0 Å². The van der Waals surface area contributed by atoms with E-state index in [9.17, 15) is 5.11 Å². The molecule has 2 rings (SSSR count). The second-order valence-corrected chi connectivity index (χ2v) is 2.99. The number of rotatable bonds is 0. The summed E-state index contributed by atoms with van der Waals surface area (Å²) in [7, 11) is 0. The molecular weight excluding hydrogens is 116 g/mol. The van der Waals surface area contributed by atoms with E-state index in [1.807, 2.05) is 0 Å². The summed E-state index contributed by atoms with van der Waals surface area (Å²) in [6, 6.07) is 0. The van der Waals surface area contributed by atoms with Crippen molar-refractivity contribution in [1.29, 1.82) is 0 Å². The lowest BCUT2D eigenvalue weighted by molar-refractivity contribution is 0.122. The van der Waals surface area contributed by atoms with Crippen molar-refractivity contribution >= 4 is 0 Å². The first-order valence-corrected chi connectivity index (χ1v) is 3.71. The van der Waals surface area contributed by atoms with Crippen LogP contribution in [0.5, 0.6) is 0 Å². The topological polar surface area (TPSA) is 32.8 Å². The predicted octanol–water partition coefficient (Wildman–Crippen LogP) is 0.689. The predicted molar refractivity (Wildman–Crippen MR) is 33.1 cm³/mol. The van der Waals surface area contributed by atoms with Gasteiger partial charge in [-0.2, -0.15) is 0 Å². The Labute approximate surface area is 54.8 Å². The van der Waals surface area contributed by atoms with Gasteiger partial charge in [0.25, 0.3) is 0 Å². The van der Waals surface area contributed by atoms with Crippen molar-refractivity contribution in [1.82, 2.24) is 0 Å². The van der Waals surface area contributed by atoms with Crippen LogP contribution in [0.4, 0.5) is 0 Å². The van der Waals surface area contributed by atoms with Crippen molar-refractivity contribution in [2.45, 2.75) is 44.0 Å². The van der Waals surface area contributed by atoms with Crippen LogP contribution in [-0.2, 0) is 4.74 Å². The van der Waals surface area contributed by atoms with E-state index >= 15 is 0 Å². The van der Waals surface area contributed by atoms with Crippen LogP contribution in [0, 0.1) is 0 Å². The van der Waals surface area contributed by atoms with Gasteiger partial charge in [-0.3, -0.25) is 0 Å². The van der Waals surface area contributed by atoms with E-state index in [2.05, 4.69) is 0 Å². The van der Waals surface area contributed by atoms with E-state index in [-0.39, 0.29) is 12.2 Å². The molecule has 1 heterocycles. The molecule has 0 bridgehead atoms. The van der Waals surface area contributed by atoms with Crippen LogP contribution >= 0.6 is 0 Å². The smallest absolute Gasteiger partial charge is 0.110 e. The summed E-state index contributed by atoms with van der Waals surface area (Å²) >= 11 is 0. The molecule has 1 aliphatic carbocycles. The summed E-state index contributed by atoms with van der Waals surface area (Å²) in [5, 5.41) is 9.27. The first-order valence-electron chi connectivity index (χ1n) is 3.71. The van der Waals surface area contributed by atoms with Gasteiger partial charge in [0, 0.05) is 0 Å². The maximum absolute atomic E-state index is 9.27. The lowest BCUT2D eigenvalue weighted by Gasteiger charge is -2.02. The fraction of sp³-hybridized carbons (Fsp3) is 1.00. The Morgan fingerprint density at radius 3 is 2.89 bits per heavy atom. The van der Waals surface area contributed by atoms with Gasteiger partial charge in [0.05, 0.1) is 12.2 Å². The fourth-order valence-corrected chi connectivity index (χ4v) is 1.59. The van der Waals surface area contributed by atoms with E-state index in [0.29, 0.717) is 6.10 Å². The van der Waals surface area contributed by atoms with E-state index in [1.54, 1.807) is 0 Å². The molecule has 9 heavy (non-hydrogen) atoms. The van der Waals surface area contributed by atoms with Gasteiger partial charge >= 0.3 is 0 Å². The molecule has 2 nitrogen and oxygen atoms in total. The molecule has 0 spiro atoms. The molecule has 1 aliphatic heterocycles. The second kappa shape index (κ2) is 1.96. The number of aliphatic hydroxyl groups excluding tert-OH is 1. The SMILES string of the molecule is O[C@@H]1CCCC[C@@H]2O[C@H]12. The van der Waals surface area contributed by atoms with E-state index < -0.39 is 0 Å². The molecule has 52 valence electrons. The molecule has 1 N–H and O–H groups in total. The van der Waals surface area contributed by atoms with Crippen molar-refractivity contribution in [3.05, 3.63) is 0 Å². The first-order chi connectivity index (χ1) is 4.38. The van der Waals surface area contributed by atoms with Crippen LogP contribution in [0.15, 0.2) is 0 Å². The second-order valence-electron chi connectivity index (χ2n) is 2.99. The summed E-state index contributed by atoms with van der Waals surface area (Å²) in [5.74, 6) is 0. The van der Waals surface area contributed by atoms with Crippen molar-refractivity contribution in [2.75, 3.05) is 0 Å². The van der Waals surface area contributed by atoms with Gasteiger partial charge < -0.3 is 9.84 Å². The molecule has 2 heteroatoms. The minimum Gasteiger partial charge on any atom is -0.390 e. The van der Waals surface area contributed by atoms with E-state index in [4.69, 9.17) is 4.74 Å². The van der Waals surface area contributed by atoms with Crippen molar-refractivity contribution < 1.29 is 9.84 Å². The molecule has 0 aromatic rings. The highest BCUT2D eigenvalue weighted by atomic mass is 16.6. The number of aliphatic hydroxyl groups is 1. The van der Waals surface area contributed by atoms with Crippen LogP contribution in [0.2, 0.25) is 0 Å². The molecule has 0 amide bonds. The molecule has 0 radical (unpaired) electrons. The molecule has 0 aromatic heterocycles.